The molecule has 2 atom stereocenters. The SMILES string of the molecule is CN(C)c1ccc(C2=C(c3ccc(N(C)C)cc3)C3C=CC2C3)cc1. The topological polar surface area (TPSA) is 6.48 Å². The van der Waals surface area contributed by atoms with Crippen molar-refractivity contribution < 1.29 is 0 Å². The van der Waals surface area contributed by atoms with Gasteiger partial charge in [0.15, 0.2) is 0 Å². The Kier molecular flexibility index (Phi) is 3.91. The lowest BCUT2D eigenvalue weighted by Gasteiger charge is -2.20. The molecule has 2 heteroatoms. The molecule has 25 heavy (non-hydrogen) atoms. The fourth-order valence-electron chi connectivity index (χ4n) is 4.14. The minimum Gasteiger partial charge on any atom is -0.378 e. The van der Waals surface area contributed by atoms with E-state index in [1.165, 1.54) is 40.1 Å². The predicted molar refractivity (Wildman–Crippen MR) is 109 cm³/mol. The molecule has 0 N–H and O–H groups in total. The summed E-state index contributed by atoms with van der Waals surface area (Å²) < 4.78 is 0. The first-order chi connectivity index (χ1) is 12.0. The van der Waals surface area contributed by atoms with Crippen molar-refractivity contribution in [3.05, 3.63) is 71.8 Å². The smallest absolute Gasteiger partial charge is 0.0361 e. The van der Waals surface area contributed by atoms with Crippen molar-refractivity contribution in [3.63, 3.8) is 0 Å². The van der Waals surface area contributed by atoms with E-state index >= 15 is 0 Å². The van der Waals surface area contributed by atoms with Gasteiger partial charge in [0.1, 0.15) is 0 Å². The largest absolute Gasteiger partial charge is 0.378 e. The maximum Gasteiger partial charge on any atom is 0.0361 e. The highest BCUT2D eigenvalue weighted by Crippen LogP contribution is 2.52. The van der Waals surface area contributed by atoms with Gasteiger partial charge in [0, 0.05) is 51.4 Å². The normalized spacial score (nSPS) is 21.1. The summed E-state index contributed by atoms with van der Waals surface area (Å²) in [6, 6.07) is 18.0. The van der Waals surface area contributed by atoms with Crippen molar-refractivity contribution in [2.24, 2.45) is 11.8 Å². The molecule has 0 saturated heterocycles. The van der Waals surface area contributed by atoms with Gasteiger partial charge in [0.05, 0.1) is 0 Å². The fourth-order valence-corrected chi connectivity index (χ4v) is 4.14. The summed E-state index contributed by atoms with van der Waals surface area (Å²) in [6.45, 7) is 0. The monoisotopic (exact) mass is 330 g/mol. The fraction of sp³-hybridized carbons (Fsp3) is 0.304. The van der Waals surface area contributed by atoms with E-state index in [1.807, 2.05) is 0 Å². The van der Waals surface area contributed by atoms with Gasteiger partial charge in [-0.25, -0.2) is 0 Å². The number of anilines is 2. The number of rotatable bonds is 4. The zero-order valence-electron chi connectivity index (χ0n) is 15.5. The molecule has 0 aromatic heterocycles. The molecule has 2 nitrogen and oxygen atoms in total. The molecule has 0 fully saturated rings. The third kappa shape index (κ3) is 2.76. The van der Waals surface area contributed by atoms with E-state index in [2.05, 4.69) is 98.7 Å². The van der Waals surface area contributed by atoms with Gasteiger partial charge < -0.3 is 9.80 Å². The number of hydrogen-bond acceptors (Lipinski definition) is 2. The van der Waals surface area contributed by atoms with Crippen LogP contribution in [0.15, 0.2) is 60.7 Å². The highest BCUT2D eigenvalue weighted by atomic mass is 15.1. The number of allylic oxidation sites excluding steroid dienone is 4. The van der Waals surface area contributed by atoms with Crippen LogP contribution in [0.2, 0.25) is 0 Å². The number of nitrogens with zero attached hydrogens (tertiary/aromatic N) is 2. The standard InChI is InChI=1S/C23H26N2/c1-24(2)20-11-7-16(8-12-20)22-18-5-6-19(15-18)23(22)17-9-13-21(14-10-17)25(3)4/h5-14,18-19H,15H2,1-4H3. The Labute approximate surface area is 151 Å². The molecule has 2 aromatic carbocycles. The second-order valence-electron chi connectivity index (χ2n) is 7.54. The van der Waals surface area contributed by atoms with Gasteiger partial charge in [-0.05, 0) is 53.0 Å². The molecular formula is C23H26N2. The molecule has 0 amide bonds. The maximum absolute atomic E-state index is 2.40. The van der Waals surface area contributed by atoms with Crippen LogP contribution in [0.4, 0.5) is 11.4 Å². The van der Waals surface area contributed by atoms with Crippen LogP contribution in [-0.2, 0) is 0 Å². The molecule has 2 aromatic rings. The van der Waals surface area contributed by atoms with E-state index < -0.39 is 0 Å². The zero-order valence-corrected chi connectivity index (χ0v) is 15.5. The average molecular weight is 330 g/mol. The Morgan fingerprint density at radius 3 is 1.28 bits per heavy atom. The van der Waals surface area contributed by atoms with Crippen molar-refractivity contribution in [2.75, 3.05) is 38.0 Å². The van der Waals surface area contributed by atoms with Crippen LogP contribution in [0.5, 0.6) is 0 Å². The minimum absolute atomic E-state index is 0.568. The van der Waals surface area contributed by atoms with Gasteiger partial charge in [-0.1, -0.05) is 36.4 Å². The molecular weight excluding hydrogens is 304 g/mol. The Morgan fingerprint density at radius 1 is 0.600 bits per heavy atom. The number of benzene rings is 2. The van der Waals surface area contributed by atoms with Crippen LogP contribution in [0.25, 0.3) is 11.1 Å². The highest BCUT2D eigenvalue weighted by molar-refractivity contribution is 5.98. The molecule has 0 heterocycles. The number of hydrogen-bond donors (Lipinski definition) is 0. The second-order valence-corrected chi connectivity index (χ2v) is 7.54. The van der Waals surface area contributed by atoms with Gasteiger partial charge in [-0.2, -0.15) is 0 Å². The van der Waals surface area contributed by atoms with Crippen LogP contribution < -0.4 is 9.80 Å². The Bertz CT molecular complexity index is 754. The summed E-state index contributed by atoms with van der Waals surface area (Å²) in [4.78, 5) is 4.31. The van der Waals surface area contributed by atoms with Crippen LogP contribution in [0.3, 0.4) is 0 Å². The molecule has 0 saturated carbocycles. The first-order valence-corrected chi connectivity index (χ1v) is 9.02. The van der Waals surface area contributed by atoms with Gasteiger partial charge in [-0.3, -0.25) is 0 Å². The average Bonchev–Trinajstić information content (AvgIpc) is 3.23. The van der Waals surface area contributed by atoms with E-state index in [-0.39, 0.29) is 0 Å². The van der Waals surface area contributed by atoms with Crippen molar-refractivity contribution in [1.29, 1.82) is 0 Å². The van der Waals surface area contributed by atoms with Crippen LogP contribution in [0, 0.1) is 11.8 Å². The zero-order chi connectivity index (χ0) is 17.6. The van der Waals surface area contributed by atoms with E-state index in [9.17, 15) is 0 Å². The molecule has 2 aliphatic rings. The summed E-state index contributed by atoms with van der Waals surface area (Å²) in [5.74, 6) is 1.14. The first-order valence-electron chi connectivity index (χ1n) is 9.02. The Morgan fingerprint density at radius 2 is 0.960 bits per heavy atom. The Balaban J connectivity index is 1.76. The quantitative estimate of drug-likeness (QED) is 0.733. The molecule has 2 bridgehead atoms. The molecule has 0 aliphatic heterocycles. The van der Waals surface area contributed by atoms with Crippen LogP contribution in [0.1, 0.15) is 17.5 Å². The molecule has 0 spiro atoms. The first kappa shape index (κ1) is 16.0. The van der Waals surface area contributed by atoms with Gasteiger partial charge >= 0.3 is 0 Å². The van der Waals surface area contributed by atoms with Gasteiger partial charge in [0.2, 0.25) is 0 Å². The third-order valence-electron chi connectivity index (χ3n) is 5.50. The van der Waals surface area contributed by atoms with Gasteiger partial charge in [-0.15, -0.1) is 0 Å². The van der Waals surface area contributed by atoms with E-state index in [0.717, 1.165) is 0 Å². The van der Waals surface area contributed by atoms with E-state index in [4.69, 9.17) is 0 Å². The summed E-state index contributed by atoms with van der Waals surface area (Å²) in [7, 11) is 8.36. The van der Waals surface area contributed by atoms with Gasteiger partial charge in [0.25, 0.3) is 0 Å². The molecule has 0 radical (unpaired) electrons. The number of fused-ring (bicyclic) bond motifs is 2. The maximum atomic E-state index is 2.40. The summed E-state index contributed by atoms with van der Waals surface area (Å²) in [5, 5.41) is 0. The van der Waals surface area contributed by atoms with Crippen molar-refractivity contribution in [1.82, 2.24) is 0 Å². The summed E-state index contributed by atoms with van der Waals surface area (Å²) in [6.07, 6.45) is 6.03. The predicted octanol–water partition coefficient (Wildman–Crippen LogP) is 4.94. The lowest BCUT2D eigenvalue weighted by Crippen LogP contribution is -2.08. The van der Waals surface area contributed by atoms with E-state index in [1.54, 1.807) is 0 Å². The van der Waals surface area contributed by atoms with Crippen LogP contribution in [-0.4, -0.2) is 28.2 Å². The van der Waals surface area contributed by atoms with Crippen molar-refractivity contribution in [2.45, 2.75) is 6.42 Å². The summed E-state index contributed by atoms with van der Waals surface area (Å²) >= 11 is 0. The lowest BCUT2D eigenvalue weighted by atomic mass is 9.87. The third-order valence-corrected chi connectivity index (χ3v) is 5.50. The van der Waals surface area contributed by atoms with Crippen molar-refractivity contribution in [3.8, 4) is 0 Å². The van der Waals surface area contributed by atoms with Crippen LogP contribution >= 0.6 is 0 Å². The molecule has 2 aliphatic carbocycles. The summed E-state index contributed by atoms with van der Waals surface area (Å²) in [5.41, 5.74) is 8.29. The highest BCUT2D eigenvalue weighted by Gasteiger charge is 2.36. The molecule has 128 valence electrons. The lowest BCUT2D eigenvalue weighted by molar-refractivity contribution is 0.746. The molecule has 2 unspecified atom stereocenters. The van der Waals surface area contributed by atoms with E-state index in [0.29, 0.717) is 11.8 Å². The minimum atomic E-state index is 0.568. The second kappa shape index (κ2) is 6.11. The molecule has 4 rings (SSSR count). The Hall–Kier alpha value is -2.48. The van der Waals surface area contributed by atoms with Crippen molar-refractivity contribution >= 4 is 22.5 Å².